The highest BCUT2D eigenvalue weighted by Crippen LogP contribution is 2.08. The molecule has 82 valence electrons. The van der Waals surface area contributed by atoms with Crippen LogP contribution in [0.15, 0.2) is 29.4 Å². The highest BCUT2D eigenvalue weighted by atomic mass is 35.5. The molecule has 0 saturated carbocycles. The number of aryl methyl sites for hydroxylation is 2. The second-order valence-electron chi connectivity index (χ2n) is 3.40. The summed E-state index contributed by atoms with van der Waals surface area (Å²) in [6.45, 7) is 3.72. The Balaban J connectivity index is 2.24. The molecule has 1 heterocycles. The molecule has 0 atom stereocenters. The van der Waals surface area contributed by atoms with Crippen LogP contribution < -0.4 is 0 Å². The minimum Gasteiger partial charge on any atom is -0.202 e. The first-order valence-electron chi connectivity index (χ1n) is 4.85. The van der Waals surface area contributed by atoms with E-state index in [1.54, 1.807) is 10.9 Å². The third-order valence-electron chi connectivity index (χ3n) is 2.14. The zero-order valence-electron chi connectivity index (χ0n) is 9.05. The van der Waals surface area contributed by atoms with Crippen molar-refractivity contribution in [3.05, 3.63) is 46.5 Å². The molecular weight excluding hydrogens is 224 g/mol. The van der Waals surface area contributed by atoms with E-state index in [0.29, 0.717) is 5.02 Å². The van der Waals surface area contributed by atoms with Gasteiger partial charge in [0.05, 0.1) is 6.21 Å². The molecule has 0 aliphatic carbocycles. The molecule has 0 fully saturated rings. The molecule has 0 amide bonds. The van der Waals surface area contributed by atoms with E-state index >= 15 is 0 Å². The van der Waals surface area contributed by atoms with Crippen molar-refractivity contribution in [1.82, 2.24) is 14.9 Å². The zero-order chi connectivity index (χ0) is 11.5. The smallest absolute Gasteiger partial charge is 0.151 e. The molecule has 4 nitrogen and oxygen atoms in total. The number of hydrogen-bond donors (Lipinski definition) is 0. The van der Waals surface area contributed by atoms with Crippen LogP contribution in [0.4, 0.5) is 0 Å². The van der Waals surface area contributed by atoms with Crippen LogP contribution in [0.1, 0.15) is 17.2 Å². The Kier molecular flexibility index (Phi) is 3.01. The van der Waals surface area contributed by atoms with Gasteiger partial charge in [0.15, 0.2) is 11.6 Å². The molecule has 2 aromatic rings. The van der Waals surface area contributed by atoms with Crippen LogP contribution in [0.5, 0.6) is 0 Å². The number of rotatable bonds is 2. The van der Waals surface area contributed by atoms with Crippen molar-refractivity contribution in [2.24, 2.45) is 5.10 Å². The summed E-state index contributed by atoms with van der Waals surface area (Å²) >= 11 is 5.79. The summed E-state index contributed by atoms with van der Waals surface area (Å²) in [6.07, 6.45) is 1.75. The largest absolute Gasteiger partial charge is 0.202 e. The second-order valence-corrected chi connectivity index (χ2v) is 3.84. The fourth-order valence-electron chi connectivity index (χ4n) is 1.30. The first kappa shape index (κ1) is 10.8. The molecule has 0 unspecified atom stereocenters. The van der Waals surface area contributed by atoms with Gasteiger partial charge in [-0.15, -0.1) is 10.2 Å². The molecule has 2 rings (SSSR count). The Bertz CT molecular complexity index is 494. The lowest BCUT2D eigenvalue weighted by molar-refractivity contribution is 0.799. The van der Waals surface area contributed by atoms with Gasteiger partial charge in [0, 0.05) is 5.02 Å². The van der Waals surface area contributed by atoms with E-state index in [2.05, 4.69) is 15.3 Å². The first-order chi connectivity index (χ1) is 7.66. The van der Waals surface area contributed by atoms with Crippen LogP contribution in [-0.2, 0) is 0 Å². The van der Waals surface area contributed by atoms with Crippen LogP contribution in [0.25, 0.3) is 0 Å². The summed E-state index contributed by atoms with van der Waals surface area (Å²) in [5.74, 6) is 1.53. The van der Waals surface area contributed by atoms with Crippen LogP contribution in [-0.4, -0.2) is 21.1 Å². The standard InChI is InChI=1S/C11H11ClN4/c1-8-14-15-9(2)16(8)13-7-10-3-5-11(12)6-4-10/h3-7H,1-2H3/b13-7+. The Labute approximate surface area is 98.6 Å². The minimum absolute atomic E-state index is 0.716. The quantitative estimate of drug-likeness (QED) is 0.749. The molecule has 1 aromatic heterocycles. The summed E-state index contributed by atoms with van der Waals surface area (Å²) in [7, 11) is 0. The maximum Gasteiger partial charge on any atom is 0.151 e. The fourth-order valence-corrected chi connectivity index (χ4v) is 1.43. The molecule has 1 aromatic carbocycles. The number of benzene rings is 1. The van der Waals surface area contributed by atoms with Gasteiger partial charge in [-0.1, -0.05) is 23.7 Å². The van der Waals surface area contributed by atoms with Gasteiger partial charge in [-0.25, -0.2) is 4.68 Å². The molecule has 0 radical (unpaired) electrons. The van der Waals surface area contributed by atoms with Gasteiger partial charge >= 0.3 is 0 Å². The van der Waals surface area contributed by atoms with Crippen LogP contribution >= 0.6 is 11.6 Å². The van der Waals surface area contributed by atoms with Gasteiger partial charge in [0.2, 0.25) is 0 Å². The van der Waals surface area contributed by atoms with E-state index < -0.39 is 0 Å². The Morgan fingerprint density at radius 3 is 2.25 bits per heavy atom. The van der Waals surface area contributed by atoms with Gasteiger partial charge in [0.25, 0.3) is 0 Å². The van der Waals surface area contributed by atoms with Crippen molar-refractivity contribution >= 4 is 17.8 Å². The van der Waals surface area contributed by atoms with E-state index in [1.807, 2.05) is 38.1 Å². The minimum atomic E-state index is 0.716. The first-order valence-corrected chi connectivity index (χ1v) is 5.23. The second kappa shape index (κ2) is 4.45. The number of hydrogen-bond acceptors (Lipinski definition) is 3. The molecule has 0 aliphatic rings. The number of nitrogens with zero attached hydrogens (tertiary/aromatic N) is 4. The maximum atomic E-state index is 5.79. The van der Waals surface area contributed by atoms with E-state index in [4.69, 9.17) is 11.6 Å². The molecule has 0 spiro atoms. The van der Waals surface area contributed by atoms with Crippen LogP contribution in [0, 0.1) is 13.8 Å². The van der Waals surface area contributed by atoms with Crippen LogP contribution in [0.3, 0.4) is 0 Å². The summed E-state index contributed by atoms with van der Waals surface area (Å²) in [5.41, 5.74) is 0.983. The highest BCUT2D eigenvalue weighted by Gasteiger charge is 2.00. The predicted octanol–water partition coefficient (Wildman–Crippen LogP) is 2.43. The predicted molar refractivity (Wildman–Crippen MR) is 63.9 cm³/mol. The Morgan fingerprint density at radius 2 is 1.69 bits per heavy atom. The lowest BCUT2D eigenvalue weighted by Gasteiger charge is -1.97. The summed E-state index contributed by atoms with van der Waals surface area (Å²) < 4.78 is 1.69. The third kappa shape index (κ3) is 2.28. The molecule has 0 aliphatic heterocycles. The lowest BCUT2D eigenvalue weighted by Crippen LogP contribution is -1.96. The average Bonchev–Trinajstić information content (AvgIpc) is 2.59. The van der Waals surface area contributed by atoms with Gasteiger partial charge in [-0.3, -0.25) is 0 Å². The normalized spacial score (nSPS) is 11.2. The van der Waals surface area contributed by atoms with Gasteiger partial charge in [-0.2, -0.15) is 5.10 Å². The number of halogens is 1. The van der Waals surface area contributed by atoms with Crippen molar-refractivity contribution < 1.29 is 0 Å². The van der Waals surface area contributed by atoms with Crippen molar-refractivity contribution in [3.8, 4) is 0 Å². The van der Waals surface area contributed by atoms with Gasteiger partial charge < -0.3 is 0 Å². The van der Waals surface area contributed by atoms with E-state index in [9.17, 15) is 0 Å². The highest BCUT2D eigenvalue weighted by molar-refractivity contribution is 6.30. The van der Waals surface area contributed by atoms with E-state index in [-0.39, 0.29) is 0 Å². The van der Waals surface area contributed by atoms with Crippen molar-refractivity contribution in [2.45, 2.75) is 13.8 Å². The van der Waals surface area contributed by atoms with E-state index in [0.717, 1.165) is 17.2 Å². The molecular formula is C11H11ClN4. The Morgan fingerprint density at radius 1 is 1.12 bits per heavy atom. The SMILES string of the molecule is Cc1nnc(C)n1/N=C/c1ccc(Cl)cc1. The average molecular weight is 235 g/mol. The van der Waals surface area contributed by atoms with Gasteiger partial charge in [-0.05, 0) is 31.5 Å². The molecule has 0 N–H and O–H groups in total. The van der Waals surface area contributed by atoms with Crippen LogP contribution in [0.2, 0.25) is 5.02 Å². The maximum absolute atomic E-state index is 5.79. The fraction of sp³-hybridized carbons (Fsp3) is 0.182. The van der Waals surface area contributed by atoms with E-state index in [1.165, 1.54) is 0 Å². The van der Waals surface area contributed by atoms with Gasteiger partial charge in [0.1, 0.15) is 0 Å². The Hall–Kier alpha value is -1.68. The molecule has 5 heteroatoms. The topological polar surface area (TPSA) is 43.1 Å². The lowest BCUT2D eigenvalue weighted by atomic mass is 10.2. The summed E-state index contributed by atoms with van der Waals surface area (Å²) in [5, 5.41) is 12.8. The molecule has 0 saturated heterocycles. The monoisotopic (exact) mass is 234 g/mol. The van der Waals surface area contributed by atoms with Crippen molar-refractivity contribution in [3.63, 3.8) is 0 Å². The zero-order valence-corrected chi connectivity index (χ0v) is 9.81. The third-order valence-corrected chi connectivity index (χ3v) is 2.40. The van der Waals surface area contributed by atoms with Crippen molar-refractivity contribution in [2.75, 3.05) is 0 Å². The summed E-state index contributed by atoms with van der Waals surface area (Å²) in [4.78, 5) is 0. The van der Waals surface area contributed by atoms with Crippen molar-refractivity contribution in [1.29, 1.82) is 0 Å². The molecule has 0 bridgehead atoms. The number of aromatic nitrogens is 3. The summed E-state index contributed by atoms with van der Waals surface area (Å²) in [6, 6.07) is 7.46. The molecule has 16 heavy (non-hydrogen) atoms.